The van der Waals surface area contributed by atoms with E-state index in [1.807, 2.05) is 80.6 Å². The lowest BCUT2D eigenvalue weighted by molar-refractivity contribution is -0.132. The number of methoxy groups -OCH3 is 1. The van der Waals surface area contributed by atoms with Crippen LogP contribution in [-0.2, 0) is 31.3 Å². The molecule has 7 rings (SSSR count). The number of aliphatic hydroxyl groups is 1. The van der Waals surface area contributed by atoms with Gasteiger partial charge in [0.05, 0.1) is 37.5 Å². The van der Waals surface area contributed by atoms with Crippen LogP contribution in [0.4, 0.5) is 5.82 Å². The number of aromatic nitrogens is 4. The molecule has 1 N–H and O–H groups in total. The molecule has 0 bridgehead atoms. The number of amides is 2. The molecule has 51 heavy (non-hydrogen) atoms. The van der Waals surface area contributed by atoms with Crippen molar-refractivity contribution in [2.24, 2.45) is 5.92 Å². The van der Waals surface area contributed by atoms with E-state index in [-0.39, 0.29) is 42.9 Å². The standard InChI is InChI=1S/C40H43N5O6/c1-4-8-28-13-21-34(47)44(39(28)48)37-36-26(2)43-45(38(36)42-25-41-37)35-22-20-33(51-35)24-50-40(29-9-6-5-7-10-29,30-14-11-27(23-46)12-15-30)31-16-18-32(49-3)19-17-31/h5-7,9-12,14-19,25,28,33,35,46H,4,8,13,20-24H2,1-3H3/t28?,33-,35+,40?/m0/s1. The number of nitrogens with zero attached hydrogens (tertiary/aromatic N) is 5. The number of aliphatic hydroxyl groups excluding tert-OH is 1. The van der Waals surface area contributed by atoms with E-state index in [0.717, 1.165) is 40.8 Å². The van der Waals surface area contributed by atoms with Crippen LogP contribution in [0.5, 0.6) is 5.75 Å². The summed E-state index contributed by atoms with van der Waals surface area (Å²) in [5.41, 5.74) is 3.72. The summed E-state index contributed by atoms with van der Waals surface area (Å²) in [7, 11) is 1.64. The van der Waals surface area contributed by atoms with Crippen molar-refractivity contribution in [2.45, 2.75) is 76.9 Å². The van der Waals surface area contributed by atoms with Gasteiger partial charge in [-0.15, -0.1) is 0 Å². The molecule has 11 nitrogen and oxygen atoms in total. The Balaban J connectivity index is 1.19. The summed E-state index contributed by atoms with van der Waals surface area (Å²) in [5.74, 6) is 0.358. The fraction of sp³-hybridized carbons (Fsp3) is 0.375. The largest absolute Gasteiger partial charge is 0.497 e. The van der Waals surface area contributed by atoms with Gasteiger partial charge in [0.1, 0.15) is 17.7 Å². The first-order chi connectivity index (χ1) is 24.9. The lowest BCUT2D eigenvalue weighted by Crippen LogP contribution is -2.45. The third-order valence-corrected chi connectivity index (χ3v) is 10.1. The maximum absolute atomic E-state index is 13.5. The zero-order valence-electron chi connectivity index (χ0n) is 29.2. The van der Waals surface area contributed by atoms with Crippen LogP contribution in [0.1, 0.15) is 79.6 Å². The van der Waals surface area contributed by atoms with Gasteiger partial charge in [0.2, 0.25) is 11.8 Å². The highest BCUT2D eigenvalue weighted by Gasteiger charge is 2.41. The highest BCUT2D eigenvalue weighted by Crippen LogP contribution is 2.43. The maximum atomic E-state index is 13.5. The molecular formula is C40H43N5O6. The second-order valence-corrected chi connectivity index (χ2v) is 13.2. The Morgan fingerprint density at radius 3 is 2.31 bits per heavy atom. The van der Waals surface area contributed by atoms with Crippen molar-refractivity contribution in [1.29, 1.82) is 0 Å². The Morgan fingerprint density at radius 2 is 1.63 bits per heavy atom. The third-order valence-electron chi connectivity index (χ3n) is 10.1. The number of piperidine rings is 1. The van der Waals surface area contributed by atoms with E-state index >= 15 is 0 Å². The molecular weight excluding hydrogens is 646 g/mol. The summed E-state index contributed by atoms with van der Waals surface area (Å²) in [6, 6.07) is 25.8. The van der Waals surface area contributed by atoms with Crippen LogP contribution >= 0.6 is 0 Å². The number of carbonyl (C=O) groups is 2. The van der Waals surface area contributed by atoms with Crippen LogP contribution in [0.15, 0.2) is 85.2 Å². The molecule has 4 atom stereocenters. The molecule has 2 amide bonds. The first-order valence-corrected chi connectivity index (χ1v) is 17.6. The van der Waals surface area contributed by atoms with Gasteiger partial charge >= 0.3 is 0 Å². The molecule has 0 saturated carbocycles. The minimum absolute atomic E-state index is 0.0582. The average molecular weight is 690 g/mol. The monoisotopic (exact) mass is 689 g/mol. The zero-order valence-corrected chi connectivity index (χ0v) is 29.2. The van der Waals surface area contributed by atoms with Crippen LogP contribution in [0.2, 0.25) is 0 Å². The maximum Gasteiger partial charge on any atom is 0.238 e. The van der Waals surface area contributed by atoms with E-state index in [2.05, 4.69) is 22.1 Å². The summed E-state index contributed by atoms with van der Waals surface area (Å²) in [6.45, 7) is 4.10. The lowest BCUT2D eigenvalue weighted by Gasteiger charge is -2.37. The van der Waals surface area contributed by atoms with Crippen molar-refractivity contribution in [3.63, 3.8) is 0 Å². The predicted octanol–water partition coefficient (Wildman–Crippen LogP) is 6.39. The van der Waals surface area contributed by atoms with Gasteiger partial charge in [0, 0.05) is 12.3 Å². The molecule has 0 aliphatic carbocycles. The number of ether oxygens (including phenoxy) is 3. The van der Waals surface area contributed by atoms with Gasteiger partial charge in [-0.3, -0.25) is 9.59 Å². The smallest absolute Gasteiger partial charge is 0.238 e. The minimum Gasteiger partial charge on any atom is -0.497 e. The molecule has 2 fully saturated rings. The molecule has 11 heteroatoms. The van der Waals surface area contributed by atoms with Gasteiger partial charge in [0.15, 0.2) is 17.7 Å². The van der Waals surface area contributed by atoms with Crippen LogP contribution in [0, 0.1) is 12.8 Å². The molecule has 2 aliphatic heterocycles. The van der Waals surface area contributed by atoms with Crippen LogP contribution in [0.3, 0.4) is 0 Å². The van der Waals surface area contributed by atoms with Crippen LogP contribution < -0.4 is 9.64 Å². The lowest BCUT2D eigenvalue weighted by atomic mass is 9.79. The van der Waals surface area contributed by atoms with Crippen molar-refractivity contribution < 1.29 is 28.9 Å². The van der Waals surface area contributed by atoms with E-state index < -0.39 is 11.8 Å². The number of hydrogen-bond acceptors (Lipinski definition) is 9. The van der Waals surface area contributed by atoms with Crippen molar-refractivity contribution >= 4 is 28.7 Å². The Hall–Kier alpha value is -4.97. The Labute approximate surface area is 297 Å². The second kappa shape index (κ2) is 14.7. The van der Waals surface area contributed by atoms with E-state index in [1.54, 1.807) is 11.8 Å². The number of hydrogen-bond donors (Lipinski definition) is 1. The fourth-order valence-electron chi connectivity index (χ4n) is 7.47. The van der Waals surface area contributed by atoms with Crippen molar-refractivity contribution in [1.82, 2.24) is 19.7 Å². The number of anilines is 1. The molecule has 264 valence electrons. The molecule has 2 saturated heterocycles. The average Bonchev–Trinajstić information content (AvgIpc) is 3.78. The number of aryl methyl sites for hydroxylation is 1. The number of carbonyl (C=O) groups excluding carboxylic acids is 2. The fourth-order valence-corrected chi connectivity index (χ4v) is 7.47. The normalized spacial score (nSPS) is 20.5. The minimum atomic E-state index is -0.997. The van der Waals surface area contributed by atoms with Gasteiger partial charge in [0.25, 0.3) is 0 Å². The Morgan fingerprint density at radius 1 is 0.922 bits per heavy atom. The predicted molar refractivity (Wildman–Crippen MR) is 191 cm³/mol. The van der Waals surface area contributed by atoms with Crippen molar-refractivity contribution in [2.75, 3.05) is 18.6 Å². The third kappa shape index (κ3) is 6.41. The van der Waals surface area contributed by atoms with Gasteiger partial charge < -0.3 is 19.3 Å². The van der Waals surface area contributed by atoms with Gasteiger partial charge in [-0.05, 0) is 67.0 Å². The summed E-state index contributed by atoms with van der Waals surface area (Å²) in [4.78, 5) is 36.8. The topological polar surface area (TPSA) is 129 Å². The van der Waals surface area contributed by atoms with Crippen molar-refractivity contribution in [3.8, 4) is 5.75 Å². The van der Waals surface area contributed by atoms with Crippen LogP contribution in [-0.4, -0.2) is 56.5 Å². The summed E-state index contributed by atoms with van der Waals surface area (Å²) >= 11 is 0. The molecule has 0 spiro atoms. The Bertz CT molecular complexity index is 1950. The van der Waals surface area contributed by atoms with E-state index in [0.29, 0.717) is 42.4 Å². The molecule has 5 aromatic rings. The highest BCUT2D eigenvalue weighted by molar-refractivity contribution is 6.19. The molecule has 4 heterocycles. The number of benzene rings is 3. The second-order valence-electron chi connectivity index (χ2n) is 13.2. The van der Waals surface area contributed by atoms with Gasteiger partial charge in [-0.1, -0.05) is 80.1 Å². The number of rotatable bonds is 12. The van der Waals surface area contributed by atoms with Crippen LogP contribution in [0.25, 0.3) is 11.0 Å². The quantitative estimate of drug-likeness (QED) is 0.117. The number of imide groups is 1. The zero-order chi connectivity index (χ0) is 35.5. The highest BCUT2D eigenvalue weighted by atomic mass is 16.6. The molecule has 0 radical (unpaired) electrons. The molecule has 2 aromatic heterocycles. The SMILES string of the molecule is CCCC1CCC(=O)N(c2ncnc3c2c(C)nn3[C@H]2CC[C@@H](COC(c3ccccc3)(c3ccc(CO)cc3)c3ccc(OC)cc3)O2)C1=O. The molecule has 3 aromatic carbocycles. The summed E-state index contributed by atoms with van der Waals surface area (Å²) in [6.07, 6.45) is 4.51. The van der Waals surface area contributed by atoms with E-state index in [9.17, 15) is 14.7 Å². The molecule has 2 unspecified atom stereocenters. The van der Waals surface area contributed by atoms with Gasteiger partial charge in [-0.25, -0.2) is 19.5 Å². The number of fused-ring (bicyclic) bond motifs is 1. The first-order valence-electron chi connectivity index (χ1n) is 17.6. The van der Waals surface area contributed by atoms with Crippen molar-refractivity contribution in [3.05, 3.63) is 113 Å². The molecule has 2 aliphatic rings. The summed E-state index contributed by atoms with van der Waals surface area (Å²) < 4.78 is 20.9. The van der Waals surface area contributed by atoms with Gasteiger partial charge in [-0.2, -0.15) is 5.10 Å². The van der Waals surface area contributed by atoms with E-state index in [4.69, 9.17) is 19.3 Å². The van der Waals surface area contributed by atoms with E-state index in [1.165, 1.54) is 11.2 Å². The summed E-state index contributed by atoms with van der Waals surface area (Å²) in [5, 5.41) is 15.2. The Kier molecular flexibility index (Phi) is 9.95. The first kappa shape index (κ1) is 34.5.